The van der Waals surface area contributed by atoms with E-state index in [9.17, 15) is 9.90 Å². The molecule has 3 heterocycles. The van der Waals surface area contributed by atoms with Crippen LogP contribution in [0.5, 0.6) is 0 Å². The van der Waals surface area contributed by atoms with Gasteiger partial charge in [-0.1, -0.05) is 29.1 Å². The highest BCUT2D eigenvalue weighted by molar-refractivity contribution is 8.00. The minimum Gasteiger partial charge on any atom is -0.543 e. The summed E-state index contributed by atoms with van der Waals surface area (Å²) in [5, 5.41) is 25.8. The Hall–Kier alpha value is -2.99. The predicted octanol–water partition coefficient (Wildman–Crippen LogP) is 0.498. The number of hydrogen-bond acceptors (Lipinski definition) is 11. The number of hydrogen-bond donors (Lipinski definition) is 1. The Balaban J connectivity index is 1.68. The molecule has 4 aromatic rings. The van der Waals surface area contributed by atoms with Crippen LogP contribution in [-0.2, 0) is 5.75 Å². The van der Waals surface area contributed by atoms with Gasteiger partial charge in [0.25, 0.3) is 0 Å². The molecular formula is C13H8N7O3S2-. The van der Waals surface area contributed by atoms with E-state index < -0.39 is 5.97 Å². The van der Waals surface area contributed by atoms with Gasteiger partial charge in [0.05, 0.1) is 21.9 Å². The average Bonchev–Trinajstić information content (AvgIpc) is 3.29. The van der Waals surface area contributed by atoms with Crippen molar-refractivity contribution in [1.82, 2.24) is 30.3 Å². The van der Waals surface area contributed by atoms with Crippen LogP contribution in [0.3, 0.4) is 0 Å². The molecule has 10 nitrogen and oxygen atoms in total. The standard InChI is InChI=1S/C13H9N7O3S2/c14-10-11(18-23-17-10)20-7(9(12(21)22)16-19-20)5-24-13-15-6-3-1-2-4-8(6)25-13/h1-4H,5H2,(H2,14,17)(H,21,22)/p-1. The molecule has 0 saturated heterocycles. The van der Waals surface area contributed by atoms with E-state index in [-0.39, 0.29) is 28.8 Å². The van der Waals surface area contributed by atoms with Crippen LogP contribution in [0.2, 0.25) is 0 Å². The fourth-order valence-corrected chi connectivity index (χ4v) is 4.20. The topological polar surface area (TPSA) is 149 Å². The second-order valence-electron chi connectivity index (χ2n) is 4.79. The average molecular weight is 374 g/mol. The number of thiazole rings is 1. The maximum Gasteiger partial charge on any atom is 0.243 e. The molecule has 126 valence electrons. The van der Waals surface area contributed by atoms with Gasteiger partial charge in [-0.2, -0.15) is 4.68 Å². The molecule has 0 aliphatic heterocycles. The molecule has 0 atom stereocenters. The van der Waals surface area contributed by atoms with Gasteiger partial charge >= 0.3 is 0 Å². The van der Waals surface area contributed by atoms with E-state index in [0.717, 1.165) is 14.6 Å². The molecule has 0 radical (unpaired) electrons. The second-order valence-corrected chi connectivity index (χ2v) is 7.05. The summed E-state index contributed by atoms with van der Waals surface area (Å²) in [6.07, 6.45) is 0. The monoisotopic (exact) mass is 374 g/mol. The summed E-state index contributed by atoms with van der Waals surface area (Å²) >= 11 is 2.86. The number of aromatic carboxylic acids is 1. The lowest BCUT2D eigenvalue weighted by Crippen LogP contribution is -2.24. The zero-order chi connectivity index (χ0) is 17.4. The van der Waals surface area contributed by atoms with Gasteiger partial charge in [-0.05, 0) is 22.4 Å². The number of para-hydroxylation sites is 1. The number of carbonyl (C=O) groups excluding carboxylic acids is 1. The van der Waals surface area contributed by atoms with Crippen LogP contribution in [0.25, 0.3) is 16.0 Å². The fourth-order valence-electron chi connectivity index (χ4n) is 2.14. The number of carboxylic acid groups (broad SMARTS) is 1. The largest absolute Gasteiger partial charge is 0.543 e. The third-order valence-corrected chi connectivity index (χ3v) is 5.45. The van der Waals surface area contributed by atoms with Crippen LogP contribution >= 0.6 is 23.1 Å². The molecule has 0 bridgehead atoms. The fraction of sp³-hybridized carbons (Fsp3) is 0.0769. The van der Waals surface area contributed by atoms with Crippen molar-refractivity contribution in [3.8, 4) is 5.82 Å². The normalized spacial score (nSPS) is 11.2. The highest BCUT2D eigenvalue weighted by Gasteiger charge is 2.20. The maximum atomic E-state index is 11.3. The Labute approximate surface area is 147 Å². The van der Waals surface area contributed by atoms with Gasteiger partial charge in [0.1, 0.15) is 5.69 Å². The van der Waals surface area contributed by atoms with Gasteiger partial charge in [0.15, 0.2) is 4.34 Å². The van der Waals surface area contributed by atoms with Gasteiger partial charge in [-0.15, -0.1) is 16.4 Å². The SMILES string of the molecule is Nc1nonc1-n1nnc(C(=O)[O-])c1CSc1nc2ccccc2s1. The van der Waals surface area contributed by atoms with Crippen molar-refractivity contribution in [2.75, 3.05) is 5.73 Å². The molecule has 2 N–H and O–H groups in total. The van der Waals surface area contributed by atoms with E-state index >= 15 is 0 Å². The third-order valence-electron chi connectivity index (χ3n) is 3.26. The summed E-state index contributed by atoms with van der Waals surface area (Å²) in [5.74, 6) is -1.18. The lowest BCUT2D eigenvalue weighted by Gasteiger charge is -2.05. The first kappa shape index (κ1) is 15.5. The number of fused-ring (bicyclic) bond motifs is 1. The lowest BCUT2D eigenvalue weighted by molar-refractivity contribution is -0.255. The molecule has 3 aromatic heterocycles. The molecule has 0 saturated carbocycles. The number of anilines is 1. The minimum absolute atomic E-state index is 0.0268. The molecule has 25 heavy (non-hydrogen) atoms. The lowest BCUT2D eigenvalue weighted by atomic mass is 10.3. The molecule has 0 amide bonds. The van der Waals surface area contributed by atoms with E-state index in [0.29, 0.717) is 0 Å². The number of thioether (sulfide) groups is 1. The summed E-state index contributed by atoms with van der Waals surface area (Å²) in [6.45, 7) is 0. The van der Waals surface area contributed by atoms with Crippen LogP contribution in [0, 0.1) is 0 Å². The zero-order valence-corrected chi connectivity index (χ0v) is 14.0. The van der Waals surface area contributed by atoms with Crippen molar-refractivity contribution < 1.29 is 14.5 Å². The van der Waals surface area contributed by atoms with E-state index in [2.05, 4.69) is 30.2 Å². The van der Waals surface area contributed by atoms with Gasteiger partial charge in [-0.3, -0.25) is 0 Å². The molecular weight excluding hydrogens is 366 g/mol. The smallest absolute Gasteiger partial charge is 0.243 e. The van der Waals surface area contributed by atoms with Crippen molar-refractivity contribution in [3.05, 3.63) is 35.7 Å². The van der Waals surface area contributed by atoms with E-state index in [4.69, 9.17) is 5.73 Å². The number of nitrogens with zero attached hydrogens (tertiary/aromatic N) is 6. The van der Waals surface area contributed by atoms with Gasteiger partial charge in [0, 0.05) is 5.75 Å². The van der Waals surface area contributed by atoms with E-state index in [1.54, 1.807) is 0 Å². The summed E-state index contributed by atoms with van der Waals surface area (Å²) in [7, 11) is 0. The molecule has 0 fully saturated rings. The first-order valence-corrected chi connectivity index (χ1v) is 8.66. The highest BCUT2D eigenvalue weighted by atomic mass is 32.2. The van der Waals surface area contributed by atoms with E-state index in [1.807, 2.05) is 24.3 Å². The molecule has 0 unspecified atom stereocenters. The number of rotatable bonds is 5. The Morgan fingerprint density at radius 2 is 2.20 bits per heavy atom. The molecule has 4 rings (SSSR count). The Morgan fingerprint density at radius 1 is 1.36 bits per heavy atom. The first-order chi connectivity index (χ1) is 12.1. The van der Waals surface area contributed by atoms with Crippen LogP contribution in [0.1, 0.15) is 16.2 Å². The third kappa shape index (κ3) is 2.81. The van der Waals surface area contributed by atoms with Gasteiger partial charge < -0.3 is 15.6 Å². The number of nitrogens with two attached hydrogens (primary N) is 1. The summed E-state index contributed by atoms with van der Waals surface area (Å²) < 4.78 is 7.54. The first-order valence-electron chi connectivity index (χ1n) is 6.86. The molecule has 0 aliphatic rings. The van der Waals surface area contributed by atoms with Crippen molar-refractivity contribution >= 4 is 45.1 Å². The molecule has 0 spiro atoms. The number of aromatic nitrogens is 6. The summed E-state index contributed by atoms with van der Waals surface area (Å²) in [6, 6.07) is 7.72. The molecule has 12 heteroatoms. The van der Waals surface area contributed by atoms with Gasteiger partial charge in [-0.25, -0.2) is 9.61 Å². The summed E-state index contributed by atoms with van der Waals surface area (Å²) in [5.41, 5.74) is 6.49. The number of carbonyl (C=O) groups is 1. The Kier molecular flexibility index (Phi) is 3.82. The Bertz CT molecular complexity index is 1040. The second kappa shape index (κ2) is 6.14. The molecule has 1 aromatic carbocycles. The predicted molar refractivity (Wildman–Crippen MR) is 87.1 cm³/mol. The zero-order valence-electron chi connectivity index (χ0n) is 12.3. The number of nitrogen functional groups attached to an aromatic ring is 1. The minimum atomic E-state index is -1.44. The van der Waals surface area contributed by atoms with Crippen LogP contribution in [0.15, 0.2) is 33.2 Å². The van der Waals surface area contributed by atoms with Crippen molar-refractivity contribution in [3.63, 3.8) is 0 Å². The molecule has 0 aliphatic carbocycles. The number of carboxylic acids is 1. The Morgan fingerprint density at radius 3 is 2.92 bits per heavy atom. The number of benzene rings is 1. The quantitative estimate of drug-likeness (QED) is 0.489. The van der Waals surface area contributed by atoms with Gasteiger partial charge in [0.2, 0.25) is 11.6 Å². The maximum absolute atomic E-state index is 11.3. The van der Waals surface area contributed by atoms with Crippen LogP contribution in [0.4, 0.5) is 5.82 Å². The van der Waals surface area contributed by atoms with Crippen molar-refractivity contribution in [2.45, 2.75) is 10.1 Å². The summed E-state index contributed by atoms with van der Waals surface area (Å²) in [4.78, 5) is 15.8. The van der Waals surface area contributed by atoms with E-state index in [1.165, 1.54) is 27.8 Å². The van der Waals surface area contributed by atoms with Crippen molar-refractivity contribution in [1.29, 1.82) is 0 Å². The van der Waals surface area contributed by atoms with Crippen LogP contribution in [-0.4, -0.2) is 36.3 Å². The van der Waals surface area contributed by atoms with Crippen molar-refractivity contribution in [2.24, 2.45) is 0 Å². The van der Waals surface area contributed by atoms with Crippen LogP contribution < -0.4 is 10.8 Å². The highest BCUT2D eigenvalue weighted by Crippen LogP contribution is 2.32.